The van der Waals surface area contributed by atoms with Crippen LogP contribution < -0.4 is 27.7 Å². The first kappa shape index (κ1) is 17.4. The van der Waals surface area contributed by atoms with Gasteiger partial charge in [0.2, 0.25) is 15.9 Å². The van der Waals surface area contributed by atoms with Crippen molar-refractivity contribution in [3.8, 4) is 0 Å². The molecule has 114 valence electrons. The standard InChI is InChI=1S/C11H12N4O3S2.ClH/c12-11-15(4-5-19-11)7-10(16)14-8-2-1-3-9(6-8)20(13,17)18;/h1-6,12H,7H2,(H,14,16)(H2,13,17,18);1H/p-1. The van der Waals surface area contributed by atoms with Gasteiger partial charge in [0.1, 0.15) is 6.54 Å². The summed E-state index contributed by atoms with van der Waals surface area (Å²) < 4.78 is 23.9. The molecule has 0 aliphatic rings. The molecular formula is C11H12ClN4O3S2-. The van der Waals surface area contributed by atoms with E-state index < -0.39 is 10.0 Å². The number of halogens is 1. The highest BCUT2D eigenvalue weighted by Gasteiger charge is 2.10. The molecule has 1 aromatic carbocycles. The smallest absolute Gasteiger partial charge is 0.244 e. The molecular weight excluding hydrogens is 336 g/mol. The first-order valence-electron chi connectivity index (χ1n) is 5.47. The van der Waals surface area contributed by atoms with Crippen molar-refractivity contribution >= 4 is 33.0 Å². The SMILES string of the molecule is N=c1sccn1CC(=O)Nc1cccc(S(N)(=O)=O)c1.[Cl-]. The summed E-state index contributed by atoms with van der Waals surface area (Å²) in [5.74, 6) is -0.353. The van der Waals surface area contributed by atoms with Crippen molar-refractivity contribution in [2.24, 2.45) is 5.14 Å². The lowest BCUT2D eigenvalue weighted by Gasteiger charge is -2.07. The molecule has 0 unspecified atom stereocenters. The van der Waals surface area contributed by atoms with E-state index in [1.165, 1.54) is 34.1 Å². The summed E-state index contributed by atoms with van der Waals surface area (Å²) in [4.78, 5) is 12.0. The molecule has 0 radical (unpaired) electrons. The van der Waals surface area contributed by atoms with E-state index in [-0.39, 0.29) is 34.6 Å². The third-order valence-electron chi connectivity index (χ3n) is 2.44. The molecule has 1 heterocycles. The fraction of sp³-hybridized carbons (Fsp3) is 0.0909. The fourth-order valence-corrected chi connectivity index (χ4v) is 2.69. The van der Waals surface area contributed by atoms with E-state index in [2.05, 4.69) is 5.32 Å². The number of anilines is 1. The van der Waals surface area contributed by atoms with E-state index in [9.17, 15) is 13.2 Å². The zero-order chi connectivity index (χ0) is 14.8. The lowest BCUT2D eigenvalue weighted by molar-refractivity contribution is -0.116. The minimum absolute atomic E-state index is 0. The highest BCUT2D eigenvalue weighted by atomic mass is 35.5. The molecule has 1 amide bonds. The van der Waals surface area contributed by atoms with Crippen LogP contribution in [0.3, 0.4) is 0 Å². The molecule has 1 aromatic heterocycles. The van der Waals surface area contributed by atoms with Crippen molar-refractivity contribution in [1.29, 1.82) is 5.41 Å². The molecule has 0 spiro atoms. The molecule has 2 rings (SSSR count). The Morgan fingerprint density at radius 1 is 1.43 bits per heavy atom. The Labute approximate surface area is 131 Å². The lowest BCUT2D eigenvalue weighted by atomic mass is 10.3. The molecule has 21 heavy (non-hydrogen) atoms. The van der Waals surface area contributed by atoms with E-state index in [1.807, 2.05) is 0 Å². The third-order valence-corrected chi connectivity index (χ3v) is 4.07. The number of rotatable bonds is 4. The Hall–Kier alpha value is -1.68. The summed E-state index contributed by atoms with van der Waals surface area (Å²) in [6, 6.07) is 5.68. The van der Waals surface area contributed by atoms with Crippen molar-refractivity contribution in [1.82, 2.24) is 4.57 Å². The monoisotopic (exact) mass is 347 g/mol. The predicted molar refractivity (Wildman–Crippen MR) is 74.6 cm³/mol. The molecule has 10 heteroatoms. The van der Waals surface area contributed by atoms with Gasteiger partial charge in [0.15, 0.2) is 4.80 Å². The second kappa shape index (κ2) is 6.85. The second-order valence-electron chi connectivity index (χ2n) is 3.96. The van der Waals surface area contributed by atoms with Crippen molar-refractivity contribution in [2.75, 3.05) is 5.32 Å². The van der Waals surface area contributed by atoms with E-state index >= 15 is 0 Å². The van der Waals surface area contributed by atoms with Crippen LogP contribution in [-0.2, 0) is 21.4 Å². The minimum Gasteiger partial charge on any atom is -1.00 e. The zero-order valence-electron chi connectivity index (χ0n) is 10.6. The van der Waals surface area contributed by atoms with Gasteiger partial charge < -0.3 is 22.3 Å². The first-order chi connectivity index (χ1) is 9.36. The molecule has 0 bridgehead atoms. The van der Waals surface area contributed by atoms with E-state index in [4.69, 9.17) is 10.5 Å². The topological polar surface area (TPSA) is 118 Å². The van der Waals surface area contributed by atoms with Gasteiger partial charge in [0, 0.05) is 17.3 Å². The van der Waals surface area contributed by atoms with Crippen molar-refractivity contribution in [2.45, 2.75) is 11.4 Å². The number of hydrogen-bond donors (Lipinski definition) is 3. The van der Waals surface area contributed by atoms with E-state index in [0.717, 1.165) is 0 Å². The summed E-state index contributed by atoms with van der Waals surface area (Å²) in [6.45, 7) is -0.0120. The van der Waals surface area contributed by atoms with Crippen LogP contribution in [0.25, 0.3) is 0 Å². The molecule has 0 atom stereocenters. The van der Waals surface area contributed by atoms with Gasteiger partial charge in [0.05, 0.1) is 4.90 Å². The van der Waals surface area contributed by atoms with Gasteiger partial charge in [-0.3, -0.25) is 10.2 Å². The van der Waals surface area contributed by atoms with Crippen molar-refractivity contribution in [3.05, 3.63) is 40.6 Å². The number of sulfonamides is 1. The number of nitrogens with one attached hydrogen (secondary N) is 2. The Morgan fingerprint density at radius 2 is 2.14 bits per heavy atom. The van der Waals surface area contributed by atoms with Gasteiger partial charge in [-0.25, -0.2) is 13.6 Å². The predicted octanol–water partition coefficient (Wildman–Crippen LogP) is -2.68. The fourth-order valence-electron chi connectivity index (χ4n) is 1.53. The maximum absolute atomic E-state index is 11.8. The summed E-state index contributed by atoms with van der Waals surface area (Å²) in [5.41, 5.74) is 0.337. The van der Waals surface area contributed by atoms with Gasteiger partial charge in [-0.15, -0.1) is 11.3 Å². The van der Waals surface area contributed by atoms with Gasteiger partial charge >= 0.3 is 0 Å². The van der Waals surface area contributed by atoms with Crippen LogP contribution in [0.5, 0.6) is 0 Å². The number of carbonyl (C=O) groups is 1. The number of primary sulfonamides is 1. The highest BCUT2D eigenvalue weighted by Crippen LogP contribution is 2.14. The van der Waals surface area contributed by atoms with Gasteiger partial charge in [-0.05, 0) is 18.2 Å². The van der Waals surface area contributed by atoms with E-state index in [0.29, 0.717) is 5.69 Å². The largest absolute Gasteiger partial charge is 1.00 e. The van der Waals surface area contributed by atoms with Gasteiger partial charge in [-0.2, -0.15) is 0 Å². The molecule has 0 aliphatic carbocycles. The number of aromatic nitrogens is 1. The van der Waals surface area contributed by atoms with Gasteiger partial charge in [0.25, 0.3) is 0 Å². The van der Waals surface area contributed by atoms with Crippen LogP contribution in [0, 0.1) is 5.41 Å². The Bertz CT molecular complexity index is 798. The van der Waals surface area contributed by atoms with Crippen LogP contribution in [0.4, 0.5) is 5.69 Å². The molecule has 4 N–H and O–H groups in total. The number of carbonyl (C=O) groups excluding carboxylic acids is 1. The average Bonchev–Trinajstić information content (AvgIpc) is 2.74. The van der Waals surface area contributed by atoms with Crippen molar-refractivity contribution < 1.29 is 25.6 Å². The zero-order valence-corrected chi connectivity index (χ0v) is 13.0. The second-order valence-corrected chi connectivity index (χ2v) is 6.41. The summed E-state index contributed by atoms with van der Waals surface area (Å²) in [6.07, 6.45) is 1.63. The third kappa shape index (κ3) is 4.67. The first-order valence-corrected chi connectivity index (χ1v) is 7.90. The number of nitrogens with zero attached hydrogens (tertiary/aromatic N) is 1. The molecule has 0 aliphatic heterocycles. The Morgan fingerprint density at radius 3 is 2.71 bits per heavy atom. The number of benzene rings is 1. The van der Waals surface area contributed by atoms with E-state index in [1.54, 1.807) is 17.6 Å². The number of nitrogens with two attached hydrogens (primary N) is 1. The summed E-state index contributed by atoms with van der Waals surface area (Å²) in [5, 5.41) is 16.8. The lowest BCUT2D eigenvalue weighted by Crippen LogP contribution is -3.00. The highest BCUT2D eigenvalue weighted by molar-refractivity contribution is 7.89. The molecule has 0 fully saturated rings. The van der Waals surface area contributed by atoms with Crippen LogP contribution >= 0.6 is 11.3 Å². The number of hydrogen-bond acceptors (Lipinski definition) is 5. The number of amides is 1. The molecule has 0 saturated heterocycles. The molecule has 7 nitrogen and oxygen atoms in total. The van der Waals surface area contributed by atoms with Crippen LogP contribution in [-0.4, -0.2) is 18.9 Å². The Kier molecular flexibility index (Phi) is 5.67. The normalized spacial score (nSPS) is 10.7. The van der Waals surface area contributed by atoms with Crippen LogP contribution in [0.2, 0.25) is 0 Å². The van der Waals surface area contributed by atoms with Crippen LogP contribution in [0.15, 0.2) is 40.7 Å². The number of thiazole rings is 1. The maximum Gasteiger partial charge on any atom is 0.244 e. The van der Waals surface area contributed by atoms with Gasteiger partial charge in [-0.1, -0.05) is 6.07 Å². The maximum atomic E-state index is 11.8. The van der Waals surface area contributed by atoms with Crippen molar-refractivity contribution in [3.63, 3.8) is 0 Å². The quantitative estimate of drug-likeness (QED) is 0.559. The summed E-state index contributed by atoms with van der Waals surface area (Å²) >= 11 is 1.21. The molecule has 2 aromatic rings. The molecule has 0 saturated carbocycles. The average molecular weight is 348 g/mol. The van der Waals surface area contributed by atoms with Crippen LogP contribution in [0.1, 0.15) is 0 Å². The minimum atomic E-state index is -3.80. The Balaban J connectivity index is 0.00000220. The summed E-state index contributed by atoms with van der Waals surface area (Å²) in [7, 11) is -3.80.